The van der Waals surface area contributed by atoms with Crippen molar-refractivity contribution in [3.05, 3.63) is 24.3 Å². The Bertz CT molecular complexity index is 609. The van der Waals surface area contributed by atoms with Crippen molar-refractivity contribution in [3.63, 3.8) is 0 Å². The van der Waals surface area contributed by atoms with Gasteiger partial charge in [-0.25, -0.2) is 15.5 Å². The van der Waals surface area contributed by atoms with Gasteiger partial charge in [0.1, 0.15) is 18.0 Å². The van der Waals surface area contributed by atoms with Gasteiger partial charge >= 0.3 is 0 Å². The van der Waals surface area contributed by atoms with Gasteiger partial charge in [-0.2, -0.15) is 5.48 Å². The van der Waals surface area contributed by atoms with Gasteiger partial charge in [-0.15, -0.1) is 4.99 Å². The normalized spacial score (nSPS) is 11.7. The molecule has 0 radical (unpaired) electrons. The molecule has 0 bridgehead atoms. The lowest BCUT2D eigenvalue weighted by Gasteiger charge is -2.13. The number of pyridine rings is 1. The van der Waals surface area contributed by atoms with Gasteiger partial charge in [0.2, 0.25) is 0 Å². The van der Waals surface area contributed by atoms with Crippen molar-refractivity contribution in [1.82, 2.24) is 10.5 Å². The molecule has 1 aliphatic heterocycles. The molecular formula is C15H25N5O3. The lowest BCUT2D eigenvalue weighted by molar-refractivity contribution is -0.312. The first-order valence-electron chi connectivity index (χ1n) is 7.69. The third-order valence-corrected chi connectivity index (χ3v) is 2.79. The summed E-state index contributed by atoms with van der Waals surface area (Å²) in [4.78, 5) is 13.7. The molecule has 8 heteroatoms. The first-order valence-corrected chi connectivity index (χ1v) is 7.69. The summed E-state index contributed by atoms with van der Waals surface area (Å²) >= 11 is 0. The molecule has 0 aliphatic carbocycles. The second kappa shape index (κ2) is 9.80. The number of para-hydroxylation sites is 1. The molecule has 1 aromatic carbocycles. The van der Waals surface area contributed by atoms with E-state index in [1.807, 2.05) is 52.0 Å². The second-order valence-corrected chi connectivity index (χ2v) is 3.91. The van der Waals surface area contributed by atoms with Crippen LogP contribution in [0.5, 0.6) is 0 Å². The van der Waals surface area contributed by atoms with Crippen LogP contribution in [0.3, 0.4) is 0 Å². The van der Waals surface area contributed by atoms with Gasteiger partial charge in [-0.05, 0) is 6.07 Å². The van der Waals surface area contributed by atoms with Crippen LogP contribution >= 0.6 is 0 Å². The van der Waals surface area contributed by atoms with E-state index in [9.17, 15) is 5.21 Å². The maximum absolute atomic E-state index is 9.91. The van der Waals surface area contributed by atoms with Gasteiger partial charge in [0.25, 0.3) is 0 Å². The van der Waals surface area contributed by atoms with E-state index >= 15 is 0 Å². The lowest BCUT2D eigenvalue weighted by Crippen LogP contribution is -2.17. The lowest BCUT2D eigenvalue weighted by atomic mass is 10.1. The van der Waals surface area contributed by atoms with Crippen molar-refractivity contribution in [2.24, 2.45) is 0 Å². The summed E-state index contributed by atoms with van der Waals surface area (Å²) in [6, 6.07) is 7.52. The number of aromatic nitrogens is 1. The van der Waals surface area contributed by atoms with Crippen LogP contribution in [0, 0.1) is 0 Å². The molecule has 0 atom stereocenters. The van der Waals surface area contributed by atoms with E-state index < -0.39 is 0 Å². The number of nitrogens with one attached hydrogen (secondary N) is 3. The molecule has 0 amide bonds. The Balaban J connectivity index is 0.000000615. The van der Waals surface area contributed by atoms with Crippen LogP contribution in [0.1, 0.15) is 27.7 Å². The molecule has 0 spiro atoms. The number of nitrogens with zero attached hydrogens (tertiary/aromatic N) is 2. The Morgan fingerprint density at radius 2 is 1.87 bits per heavy atom. The summed E-state index contributed by atoms with van der Waals surface area (Å²) in [6.07, 6.45) is 0. The van der Waals surface area contributed by atoms with E-state index in [4.69, 9.17) is 4.99 Å². The van der Waals surface area contributed by atoms with Gasteiger partial charge in [0, 0.05) is 12.4 Å². The van der Waals surface area contributed by atoms with Gasteiger partial charge < -0.3 is 5.32 Å². The Labute approximate surface area is 136 Å². The van der Waals surface area contributed by atoms with Gasteiger partial charge in [-0.1, -0.05) is 50.9 Å². The highest BCUT2D eigenvalue weighted by Gasteiger charge is 2.24. The van der Waals surface area contributed by atoms with Gasteiger partial charge in [-0.3, -0.25) is 5.21 Å². The molecule has 128 valence electrons. The molecule has 3 rings (SSSR count). The highest BCUT2D eigenvalue weighted by molar-refractivity contribution is 6.03. The topological polar surface area (TPSA) is 90.9 Å². The number of benzene rings is 1. The molecule has 8 nitrogen and oxygen atoms in total. The smallest absolute Gasteiger partial charge is 0.178 e. The van der Waals surface area contributed by atoms with Crippen LogP contribution in [0.15, 0.2) is 24.3 Å². The van der Waals surface area contributed by atoms with Crippen molar-refractivity contribution in [2.45, 2.75) is 27.7 Å². The van der Waals surface area contributed by atoms with E-state index in [0.29, 0.717) is 17.2 Å². The summed E-state index contributed by atoms with van der Waals surface area (Å²) in [7, 11) is 1.56. The van der Waals surface area contributed by atoms with Crippen molar-refractivity contribution in [1.29, 1.82) is 0 Å². The number of anilines is 3. The minimum absolute atomic E-state index is 0.284. The number of fused-ring (bicyclic) bond motifs is 3. The van der Waals surface area contributed by atoms with E-state index in [2.05, 4.69) is 26.2 Å². The van der Waals surface area contributed by atoms with Gasteiger partial charge in [0.05, 0.1) is 5.52 Å². The monoisotopic (exact) mass is 323 g/mol. The Morgan fingerprint density at radius 1 is 1.17 bits per heavy atom. The first-order chi connectivity index (χ1) is 11.3. The van der Waals surface area contributed by atoms with Crippen molar-refractivity contribution in [2.75, 3.05) is 29.6 Å². The van der Waals surface area contributed by atoms with Crippen LogP contribution in [-0.2, 0) is 9.98 Å². The summed E-state index contributed by atoms with van der Waals surface area (Å²) < 4.78 is 0. The standard InChI is InChI=1S/C11H13N5O3.2C2H6/c1-12-18-19-15-11-9-10(16(17)6-13-9)7-4-2-3-5-8(7)14-11;2*1-2/h2-5,12-13,17H,6H2,1H3,(H,14,15);2*1-2H3. The summed E-state index contributed by atoms with van der Waals surface area (Å²) in [5, 5.41) is 14.9. The zero-order valence-corrected chi connectivity index (χ0v) is 14.2. The van der Waals surface area contributed by atoms with Crippen molar-refractivity contribution < 1.29 is 15.2 Å². The predicted octanol–water partition coefficient (Wildman–Crippen LogP) is 3.28. The van der Waals surface area contributed by atoms with Gasteiger partial charge in [0.15, 0.2) is 5.82 Å². The molecule has 0 saturated carbocycles. The molecular weight excluding hydrogens is 298 g/mol. The van der Waals surface area contributed by atoms with Crippen LogP contribution in [0.2, 0.25) is 0 Å². The summed E-state index contributed by atoms with van der Waals surface area (Å²) in [5.74, 6) is 0.431. The average Bonchev–Trinajstić information content (AvgIpc) is 3.01. The maximum atomic E-state index is 9.91. The number of hydrogen-bond acceptors (Lipinski definition) is 8. The van der Waals surface area contributed by atoms with Crippen LogP contribution in [0.25, 0.3) is 10.9 Å². The fourth-order valence-corrected chi connectivity index (χ4v) is 2.04. The van der Waals surface area contributed by atoms with Crippen molar-refractivity contribution >= 4 is 28.1 Å². The van der Waals surface area contributed by atoms with E-state index in [-0.39, 0.29) is 6.67 Å². The molecule has 0 saturated heterocycles. The van der Waals surface area contributed by atoms with Crippen LogP contribution in [0.4, 0.5) is 17.2 Å². The van der Waals surface area contributed by atoms with E-state index in [0.717, 1.165) is 16.0 Å². The predicted molar refractivity (Wildman–Crippen MR) is 92.0 cm³/mol. The summed E-state index contributed by atoms with van der Waals surface area (Å²) in [6.45, 7) is 8.28. The van der Waals surface area contributed by atoms with Crippen LogP contribution in [-0.4, -0.2) is 23.9 Å². The molecule has 1 aromatic heterocycles. The minimum Gasteiger partial charge on any atom is -0.361 e. The number of rotatable bonds is 4. The number of hydrogen-bond donors (Lipinski definition) is 4. The number of hydroxylamine groups is 2. The molecule has 0 unspecified atom stereocenters. The first kappa shape index (κ1) is 18.9. The largest absolute Gasteiger partial charge is 0.361 e. The Hall–Kier alpha value is -2.13. The third-order valence-electron chi connectivity index (χ3n) is 2.79. The molecule has 2 heterocycles. The summed E-state index contributed by atoms with van der Waals surface area (Å²) in [5.41, 5.74) is 6.96. The Morgan fingerprint density at radius 3 is 2.57 bits per heavy atom. The Kier molecular flexibility index (Phi) is 8.06. The second-order valence-electron chi connectivity index (χ2n) is 3.91. The fourth-order valence-electron chi connectivity index (χ4n) is 2.04. The van der Waals surface area contributed by atoms with E-state index in [1.54, 1.807) is 7.05 Å². The molecule has 23 heavy (non-hydrogen) atoms. The third kappa shape index (κ3) is 4.20. The zero-order valence-electron chi connectivity index (χ0n) is 14.2. The molecule has 2 aromatic rings. The van der Waals surface area contributed by atoms with Crippen LogP contribution < -0.4 is 21.3 Å². The average molecular weight is 323 g/mol. The minimum atomic E-state index is 0.284. The highest BCUT2D eigenvalue weighted by Crippen LogP contribution is 2.41. The molecule has 1 aliphatic rings. The quantitative estimate of drug-likeness (QED) is 0.387. The highest BCUT2D eigenvalue weighted by atomic mass is 17.3. The van der Waals surface area contributed by atoms with Crippen molar-refractivity contribution in [3.8, 4) is 0 Å². The SMILES string of the molecule is CC.CC.CNOONc1nc2ccccc2c2c1NCN2O. The molecule has 4 N–H and O–H groups in total. The maximum Gasteiger partial charge on any atom is 0.178 e. The van der Waals surface area contributed by atoms with E-state index in [1.165, 1.54) is 0 Å². The molecule has 0 fully saturated rings. The fraction of sp³-hybridized carbons (Fsp3) is 0.400. The zero-order chi connectivity index (χ0) is 17.2.